The molecule has 0 atom stereocenters. The molecule has 1 aliphatic heterocycles. The Bertz CT molecular complexity index is 1270. The van der Waals surface area contributed by atoms with Crippen molar-refractivity contribution in [3.63, 3.8) is 0 Å². The number of hydrogen-bond donors (Lipinski definition) is 2. The number of aromatic nitrogens is 1. The van der Waals surface area contributed by atoms with Crippen molar-refractivity contribution in [2.45, 2.75) is 32.1 Å². The van der Waals surface area contributed by atoms with E-state index in [2.05, 4.69) is 28.9 Å². The van der Waals surface area contributed by atoms with Crippen molar-refractivity contribution in [1.82, 2.24) is 4.98 Å². The van der Waals surface area contributed by atoms with E-state index in [1.807, 2.05) is 6.92 Å². The Balaban J connectivity index is 1.43. The van der Waals surface area contributed by atoms with Crippen molar-refractivity contribution >= 4 is 38.6 Å². The van der Waals surface area contributed by atoms with E-state index < -0.39 is 10.0 Å². The molecule has 2 N–H and O–H groups in total. The molecule has 3 aromatic rings. The van der Waals surface area contributed by atoms with Gasteiger partial charge in [-0.25, -0.2) is 13.4 Å². The number of fused-ring (bicyclic) bond motifs is 1. The van der Waals surface area contributed by atoms with Gasteiger partial charge in [-0.05, 0) is 49.2 Å². The van der Waals surface area contributed by atoms with Crippen LogP contribution in [0.1, 0.15) is 34.2 Å². The highest BCUT2D eigenvalue weighted by atomic mass is 32.2. The topological polar surface area (TPSA) is 107 Å². The number of nitrogens with zero attached hydrogens (tertiary/aromatic N) is 1. The third kappa shape index (κ3) is 5.45. The normalized spacial score (nSPS) is 13.1. The van der Waals surface area contributed by atoms with Crippen molar-refractivity contribution in [2.75, 3.05) is 23.3 Å². The Kier molecular flexibility index (Phi) is 6.57. The molecule has 2 aromatic carbocycles. The maximum Gasteiger partial charge on any atom is 0.267 e. The predicted molar refractivity (Wildman–Crippen MR) is 128 cm³/mol. The summed E-state index contributed by atoms with van der Waals surface area (Å²) in [7, 11) is -3.82. The van der Waals surface area contributed by atoms with Gasteiger partial charge in [-0.1, -0.05) is 13.8 Å². The lowest BCUT2D eigenvalue weighted by molar-refractivity contribution is 0.103. The smallest absolute Gasteiger partial charge is 0.267 e. The Morgan fingerprint density at radius 3 is 2.42 bits per heavy atom. The minimum Gasteiger partial charge on any atom is -0.486 e. The van der Waals surface area contributed by atoms with Gasteiger partial charge in [-0.3, -0.25) is 9.52 Å². The van der Waals surface area contributed by atoms with Crippen LogP contribution in [-0.2, 0) is 16.4 Å². The Morgan fingerprint density at radius 1 is 1.06 bits per heavy atom. The fraction of sp³-hybridized carbons (Fsp3) is 0.304. The molecule has 8 nitrogen and oxygen atoms in total. The summed E-state index contributed by atoms with van der Waals surface area (Å²) < 4.78 is 39.0. The average molecular weight is 488 g/mol. The number of thiazole rings is 1. The van der Waals surface area contributed by atoms with E-state index in [0.717, 1.165) is 11.4 Å². The second-order valence-electron chi connectivity index (χ2n) is 8.06. The molecular formula is C23H25N3O5S2. The summed E-state index contributed by atoms with van der Waals surface area (Å²) in [5.74, 6) is 1.15. The Morgan fingerprint density at radius 2 is 1.73 bits per heavy atom. The van der Waals surface area contributed by atoms with Gasteiger partial charge >= 0.3 is 0 Å². The summed E-state index contributed by atoms with van der Waals surface area (Å²) in [6, 6.07) is 11.0. The quantitative estimate of drug-likeness (QED) is 0.509. The molecule has 0 unspecified atom stereocenters. The van der Waals surface area contributed by atoms with Crippen molar-refractivity contribution in [1.29, 1.82) is 0 Å². The van der Waals surface area contributed by atoms with Gasteiger partial charge in [0, 0.05) is 23.9 Å². The molecule has 0 spiro atoms. The molecule has 1 aliphatic rings. The number of sulfonamides is 1. The molecule has 33 heavy (non-hydrogen) atoms. The first-order chi connectivity index (χ1) is 15.7. The number of benzene rings is 2. The van der Waals surface area contributed by atoms with E-state index in [1.165, 1.54) is 23.5 Å². The van der Waals surface area contributed by atoms with E-state index in [-0.39, 0.29) is 10.8 Å². The number of anilines is 2. The molecule has 0 fully saturated rings. The van der Waals surface area contributed by atoms with Crippen molar-refractivity contribution < 1.29 is 22.7 Å². The molecule has 1 aromatic heterocycles. The van der Waals surface area contributed by atoms with Crippen LogP contribution in [0.25, 0.3) is 0 Å². The van der Waals surface area contributed by atoms with Crippen LogP contribution in [0.4, 0.5) is 11.4 Å². The molecule has 2 heterocycles. The van der Waals surface area contributed by atoms with E-state index in [4.69, 9.17) is 9.47 Å². The maximum atomic E-state index is 12.8. The molecule has 4 rings (SSSR count). The largest absolute Gasteiger partial charge is 0.486 e. The number of rotatable bonds is 7. The van der Waals surface area contributed by atoms with E-state index in [1.54, 1.807) is 30.3 Å². The summed E-state index contributed by atoms with van der Waals surface area (Å²) >= 11 is 1.40. The van der Waals surface area contributed by atoms with Gasteiger partial charge in [0.15, 0.2) is 11.5 Å². The number of aryl methyl sites for hydroxylation is 1. The molecule has 1 amide bonds. The van der Waals surface area contributed by atoms with Crippen molar-refractivity contribution in [3.05, 3.63) is 58.0 Å². The highest BCUT2D eigenvalue weighted by Gasteiger charge is 2.20. The summed E-state index contributed by atoms with van der Waals surface area (Å²) in [5, 5.41) is 3.79. The SMILES string of the molecule is Cc1nc(CC(C)C)sc1C(=O)Nc1ccc(NS(=O)(=O)c2ccc3c(c2)OCCO3)cc1. The van der Waals surface area contributed by atoms with Crippen LogP contribution in [0.3, 0.4) is 0 Å². The van der Waals surface area contributed by atoms with Gasteiger partial charge in [0.2, 0.25) is 0 Å². The van der Waals surface area contributed by atoms with Crippen molar-refractivity contribution in [3.8, 4) is 11.5 Å². The van der Waals surface area contributed by atoms with Crippen LogP contribution in [0.15, 0.2) is 47.4 Å². The van der Waals surface area contributed by atoms with E-state index in [0.29, 0.717) is 52.6 Å². The molecule has 174 valence electrons. The minimum atomic E-state index is -3.82. The molecule has 0 radical (unpaired) electrons. The van der Waals surface area contributed by atoms with Crippen molar-refractivity contribution in [2.24, 2.45) is 5.92 Å². The van der Waals surface area contributed by atoms with Gasteiger partial charge in [0.05, 0.1) is 15.6 Å². The first kappa shape index (κ1) is 23.1. The lowest BCUT2D eigenvalue weighted by atomic mass is 10.1. The van der Waals surface area contributed by atoms with Crippen LogP contribution in [0.5, 0.6) is 11.5 Å². The Labute approximate surface area is 197 Å². The third-order valence-electron chi connectivity index (χ3n) is 4.85. The van der Waals surface area contributed by atoms with Gasteiger partial charge in [-0.15, -0.1) is 11.3 Å². The highest BCUT2D eigenvalue weighted by Crippen LogP contribution is 2.33. The van der Waals surface area contributed by atoms with Crippen LogP contribution in [0.2, 0.25) is 0 Å². The summed E-state index contributed by atoms with van der Waals surface area (Å²) in [4.78, 5) is 17.8. The second kappa shape index (κ2) is 9.40. The number of nitrogens with one attached hydrogen (secondary N) is 2. The average Bonchev–Trinajstić information content (AvgIpc) is 3.14. The number of carbonyl (C=O) groups is 1. The molecule has 0 bridgehead atoms. The lowest BCUT2D eigenvalue weighted by Crippen LogP contribution is -2.17. The highest BCUT2D eigenvalue weighted by molar-refractivity contribution is 7.92. The van der Waals surface area contributed by atoms with Crippen LogP contribution in [-0.4, -0.2) is 32.5 Å². The van der Waals surface area contributed by atoms with Gasteiger partial charge in [-0.2, -0.15) is 0 Å². The predicted octanol–water partition coefficient (Wildman–Crippen LogP) is 4.47. The zero-order chi connectivity index (χ0) is 23.6. The van der Waals surface area contributed by atoms with Gasteiger partial charge in [0.1, 0.15) is 18.1 Å². The molecule has 0 saturated heterocycles. The molecule has 0 saturated carbocycles. The first-order valence-corrected chi connectivity index (χ1v) is 12.8. The summed E-state index contributed by atoms with van der Waals surface area (Å²) in [6.45, 7) is 6.85. The Hall–Kier alpha value is -3.11. The molecule has 0 aliphatic carbocycles. The second-order valence-corrected chi connectivity index (χ2v) is 10.8. The minimum absolute atomic E-state index is 0.0713. The number of carbonyl (C=O) groups excluding carboxylic acids is 1. The fourth-order valence-electron chi connectivity index (χ4n) is 3.31. The van der Waals surface area contributed by atoms with Crippen LogP contribution < -0.4 is 19.5 Å². The fourth-order valence-corrected chi connectivity index (χ4v) is 5.56. The maximum absolute atomic E-state index is 12.8. The zero-order valence-corrected chi connectivity index (χ0v) is 20.2. The zero-order valence-electron chi connectivity index (χ0n) is 18.5. The number of hydrogen-bond acceptors (Lipinski definition) is 7. The van der Waals surface area contributed by atoms with E-state index >= 15 is 0 Å². The van der Waals surface area contributed by atoms with E-state index in [9.17, 15) is 13.2 Å². The summed E-state index contributed by atoms with van der Waals surface area (Å²) in [6.07, 6.45) is 0.830. The van der Waals surface area contributed by atoms with Gasteiger partial charge < -0.3 is 14.8 Å². The molecule has 10 heteroatoms. The number of ether oxygens (including phenoxy) is 2. The first-order valence-electron chi connectivity index (χ1n) is 10.5. The summed E-state index contributed by atoms with van der Waals surface area (Å²) in [5.41, 5.74) is 1.63. The lowest BCUT2D eigenvalue weighted by Gasteiger charge is -2.19. The molecular weight excluding hydrogens is 462 g/mol. The standard InChI is InChI=1S/C23H25N3O5S2/c1-14(2)12-21-24-15(3)22(32-21)23(27)25-16-4-6-17(7-5-16)26-33(28,29)18-8-9-19-20(13-18)31-11-10-30-19/h4-9,13-14,26H,10-12H2,1-3H3,(H,25,27). The van der Waals surface area contributed by atoms with Crippen LogP contribution in [0, 0.1) is 12.8 Å². The number of amides is 1. The third-order valence-corrected chi connectivity index (χ3v) is 7.41. The monoisotopic (exact) mass is 487 g/mol. The van der Waals surface area contributed by atoms with Crippen LogP contribution >= 0.6 is 11.3 Å². The van der Waals surface area contributed by atoms with Gasteiger partial charge in [0.25, 0.3) is 15.9 Å².